The van der Waals surface area contributed by atoms with Gasteiger partial charge in [-0.2, -0.15) is 0 Å². The van der Waals surface area contributed by atoms with Crippen LogP contribution in [0, 0.1) is 5.41 Å². The number of ether oxygens (including phenoxy) is 1. The minimum atomic E-state index is 0. The number of aliphatic imine (C=N–C) groups is 1. The normalized spacial score (nSPS) is 16.6. The molecule has 0 amide bonds. The Balaban J connectivity index is 0.00000264. The molecule has 0 spiro atoms. The van der Waals surface area contributed by atoms with Gasteiger partial charge in [-0.1, -0.05) is 31.9 Å². The number of methoxy groups -OCH3 is 1. The van der Waals surface area contributed by atoms with Crippen LogP contribution in [0.25, 0.3) is 0 Å². The van der Waals surface area contributed by atoms with Crippen molar-refractivity contribution >= 4 is 29.9 Å². The number of nitrogens with one attached hydrogen (secondary N) is 2. The summed E-state index contributed by atoms with van der Waals surface area (Å²) in [5.41, 5.74) is 1.74. The Hall–Kier alpha value is -0.980. The molecule has 2 N–H and O–H groups in total. The third-order valence-corrected chi connectivity index (χ3v) is 4.58. The van der Waals surface area contributed by atoms with Crippen molar-refractivity contribution in [1.29, 1.82) is 0 Å². The van der Waals surface area contributed by atoms with Crippen molar-refractivity contribution in [1.82, 2.24) is 10.6 Å². The van der Waals surface area contributed by atoms with Gasteiger partial charge in [-0.3, -0.25) is 4.99 Å². The van der Waals surface area contributed by atoms with Crippen molar-refractivity contribution in [3.63, 3.8) is 0 Å². The molecule has 1 aliphatic carbocycles. The van der Waals surface area contributed by atoms with Crippen molar-refractivity contribution in [2.75, 3.05) is 27.2 Å². The molecule has 0 saturated heterocycles. The number of halogens is 1. The van der Waals surface area contributed by atoms with Crippen LogP contribution in [-0.2, 0) is 6.42 Å². The van der Waals surface area contributed by atoms with E-state index in [-0.39, 0.29) is 24.0 Å². The summed E-state index contributed by atoms with van der Waals surface area (Å²) in [5.74, 6) is 1.81. The highest BCUT2D eigenvalue weighted by Gasteiger charge is 2.28. The van der Waals surface area contributed by atoms with E-state index in [1.54, 1.807) is 7.11 Å². The first-order valence-electron chi connectivity index (χ1n) is 8.23. The van der Waals surface area contributed by atoms with E-state index in [0.29, 0.717) is 5.41 Å². The fourth-order valence-electron chi connectivity index (χ4n) is 3.04. The molecule has 23 heavy (non-hydrogen) atoms. The summed E-state index contributed by atoms with van der Waals surface area (Å²) < 4.78 is 5.17. The molecule has 0 unspecified atom stereocenters. The molecular weight excluding hydrogens is 401 g/mol. The van der Waals surface area contributed by atoms with Crippen LogP contribution in [0.2, 0.25) is 0 Å². The van der Waals surface area contributed by atoms with E-state index < -0.39 is 0 Å². The van der Waals surface area contributed by atoms with Crippen LogP contribution in [0.15, 0.2) is 29.3 Å². The molecule has 1 aromatic rings. The SMILES string of the molecule is CN=C(NCCc1ccc(OC)cc1)NCC1(C)CCCC1.I. The monoisotopic (exact) mass is 431 g/mol. The van der Waals surface area contributed by atoms with Crippen molar-refractivity contribution in [3.8, 4) is 5.75 Å². The lowest BCUT2D eigenvalue weighted by Crippen LogP contribution is -2.42. The molecule has 1 aliphatic rings. The van der Waals surface area contributed by atoms with Crippen molar-refractivity contribution in [2.24, 2.45) is 10.4 Å². The summed E-state index contributed by atoms with van der Waals surface area (Å²) in [7, 11) is 3.52. The minimum absolute atomic E-state index is 0. The number of hydrogen-bond acceptors (Lipinski definition) is 2. The predicted molar refractivity (Wildman–Crippen MR) is 108 cm³/mol. The summed E-state index contributed by atoms with van der Waals surface area (Å²) >= 11 is 0. The predicted octanol–water partition coefficient (Wildman–Crippen LogP) is 3.60. The minimum Gasteiger partial charge on any atom is -0.497 e. The Morgan fingerprint density at radius 3 is 2.39 bits per heavy atom. The Kier molecular flexibility index (Phi) is 8.73. The van der Waals surface area contributed by atoms with Crippen LogP contribution in [0.5, 0.6) is 5.75 Å². The fourth-order valence-corrected chi connectivity index (χ4v) is 3.04. The van der Waals surface area contributed by atoms with Gasteiger partial charge in [-0.15, -0.1) is 24.0 Å². The molecule has 0 aliphatic heterocycles. The van der Waals surface area contributed by atoms with Gasteiger partial charge in [0.25, 0.3) is 0 Å². The van der Waals surface area contributed by atoms with Gasteiger partial charge >= 0.3 is 0 Å². The van der Waals surface area contributed by atoms with Gasteiger partial charge in [0.05, 0.1) is 7.11 Å². The zero-order valence-corrected chi connectivity index (χ0v) is 16.9. The smallest absolute Gasteiger partial charge is 0.191 e. The van der Waals surface area contributed by atoms with Gasteiger partial charge in [-0.25, -0.2) is 0 Å². The molecule has 1 fully saturated rings. The summed E-state index contributed by atoms with van der Waals surface area (Å²) in [4.78, 5) is 4.31. The molecule has 4 nitrogen and oxygen atoms in total. The fraction of sp³-hybridized carbons (Fsp3) is 0.611. The summed E-state index contributed by atoms with van der Waals surface area (Å²) in [6, 6.07) is 8.22. The molecular formula is C18H30IN3O. The number of guanidine groups is 1. The molecule has 1 aromatic carbocycles. The summed E-state index contributed by atoms with van der Waals surface area (Å²) in [6.45, 7) is 4.26. The number of rotatable bonds is 6. The van der Waals surface area contributed by atoms with E-state index in [1.807, 2.05) is 19.2 Å². The standard InChI is InChI=1S/C18H29N3O.HI/c1-18(11-4-5-12-18)14-21-17(19-2)20-13-10-15-6-8-16(22-3)9-7-15;/h6-9H,4-5,10-14H2,1-3H3,(H2,19,20,21);1H. The summed E-state index contributed by atoms with van der Waals surface area (Å²) in [6.07, 6.45) is 6.34. The lowest BCUT2D eigenvalue weighted by Gasteiger charge is -2.25. The molecule has 0 bridgehead atoms. The Morgan fingerprint density at radius 1 is 1.17 bits per heavy atom. The Bertz CT molecular complexity index is 482. The van der Waals surface area contributed by atoms with E-state index in [4.69, 9.17) is 4.74 Å². The largest absolute Gasteiger partial charge is 0.497 e. The van der Waals surface area contributed by atoms with Gasteiger partial charge < -0.3 is 15.4 Å². The lowest BCUT2D eigenvalue weighted by atomic mass is 9.89. The van der Waals surface area contributed by atoms with Crippen LogP contribution in [0.1, 0.15) is 38.2 Å². The van der Waals surface area contributed by atoms with Crippen molar-refractivity contribution < 1.29 is 4.74 Å². The van der Waals surface area contributed by atoms with E-state index in [2.05, 4.69) is 34.7 Å². The third-order valence-electron chi connectivity index (χ3n) is 4.58. The van der Waals surface area contributed by atoms with E-state index in [9.17, 15) is 0 Å². The first-order chi connectivity index (χ1) is 10.6. The highest BCUT2D eigenvalue weighted by atomic mass is 127. The van der Waals surface area contributed by atoms with Crippen LogP contribution >= 0.6 is 24.0 Å². The van der Waals surface area contributed by atoms with Gasteiger partial charge in [0, 0.05) is 20.1 Å². The van der Waals surface area contributed by atoms with Crippen LogP contribution in [0.4, 0.5) is 0 Å². The molecule has 0 radical (unpaired) electrons. The first kappa shape index (κ1) is 20.1. The average Bonchev–Trinajstić information content (AvgIpc) is 2.98. The lowest BCUT2D eigenvalue weighted by molar-refractivity contribution is 0.334. The van der Waals surface area contributed by atoms with Crippen LogP contribution in [-0.4, -0.2) is 33.2 Å². The van der Waals surface area contributed by atoms with Crippen LogP contribution in [0.3, 0.4) is 0 Å². The average molecular weight is 431 g/mol. The molecule has 0 aromatic heterocycles. The molecule has 5 heteroatoms. The molecule has 2 rings (SSSR count). The first-order valence-corrected chi connectivity index (χ1v) is 8.23. The second kappa shape index (κ2) is 10.0. The Labute approximate surface area is 157 Å². The molecule has 1 saturated carbocycles. The second-order valence-corrected chi connectivity index (χ2v) is 6.47. The zero-order chi connectivity index (χ0) is 15.8. The maximum absolute atomic E-state index is 5.17. The highest BCUT2D eigenvalue weighted by Crippen LogP contribution is 2.36. The molecule has 0 heterocycles. The maximum Gasteiger partial charge on any atom is 0.191 e. The second-order valence-electron chi connectivity index (χ2n) is 6.47. The summed E-state index contributed by atoms with van der Waals surface area (Å²) in [5, 5.41) is 6.87. The van der Waals surface area contributed by atoms with E-state index in [0.717, 1.165) is 31.2 Å². The molecule has 130 valence electrons. The van der Waals surface area contributed by atoms with Gasteiger partial charge in [-0.05, 0) is 42.4 Å². The van der Waals surface area contributed by atoms with Crippen molar-refractivity contribution in [3.05, 3.63) is 29.8 Å². The van der Waals surface area contributed by atoms with Crippen LogP contribution < -0.4 is 15.4 Å². The van der Waals surface area contributed by atoms with Crippen molar-refractivity contribution in [2.45, 2.75) is 39.0 Å². The molecule has 0 atom stereocenters. The number of hydrogen-bond donors (Lipinski definition) is 2. The number of benzene rings is 1. The quantitative estimate of drug-likeness (QED) is 0.411. The van der Waals surface area contributed by atoms with E-state index in [1.165, 1.54) is 31.2 Å². The van der Waals surface area contributed by atoms with Gasteiger partial charge in [0.1, 0.15) is 5.75 Å². The third kappa shape index (κ3) is 6.57. The maximum atomic E-state index is 5.17. The van der Waals surface area contributed by atoms with Gasteiger partial charge in [0.15, 0.2) is 5.96 Å². The Morgan fingerprint density at radius 2 is 1.83 bits per heavy atom. The zero-order valence-electron chi connectivity index (χ0n) is 14.5. The van der Waals surface area contributed by atoms with E-state index >= 15 is 0 Å². The van der Waals surface area contributed by atoms with Gasteiger partial charge in [0.2, 0.25) is 0 Å². The topological polar surface area (TPSA) is 45.7 Å². The highest BCUT2D eigenvalue weighted by molar-refractivity contribution is 14.0. The number of nitrogens with zero attached hydrogens (tertiary/aromatic N) is 1.